The van der Waals surface area contributed by atoms with Gasteiger partial charge in [-0.1, -0.05) is 12.1 Å². The van der Waals surface area contributed by atoms with E-state index in [-0.39, 0.29) is 12.0 Å². The normalized spacial score (nSPS) is 11.8. The molecule has 7 nitrogen and oxygen atoms in total. The van der Waals surface area contributed by atoms with Crippen LogP contribution in [0, 0.1) is 6.92 Å². The lowest BCUT2D eigenvalue weighted by Gasteiger charge is -2.16. The number of carbonyl (C=O) groups is 1. The molecule has 25 heavy (non-hydrogen) atoms. The van der Waals surface area contributed by atoms with Crippen LogP contribution >= 0.6 is 0 Å². The lowest BCUT2D eigenvalue weighted by molar-refractivity contribution is 0.0599. The summed E-state index contributed by atoms with van der Waals surface area (Å²) < 4.78 is 6.44. The zero-order chi connectivity index (χ0) is 17.8. The van der Waals surface area contributed by atoms with Gasteiger partial charge in [0.1, 0.15) is 18.5 Å². The Bertz CT molecular complexity index is 860. The van der Waals surface area contributed by atoms with Crippen molar-refractivity contribution in [3.05, 3.63) is 65.9 Å². The van der Waals surface area contributed by atoms with Gasteiger partial charge in [0, 0.05) is 6.04 Å². The zero-order valence-electron chi connectivity index (χ0n) is 14.3. The Kier molecular flexibility index (Phi) is 4.74. The number of nitrogens with zero attached hydrogens (tertiary/aromatic N) is 4. The first-order chi connectivity index (χ1) is 12.1. The van der Waals surface area contributed by atoms with E-state index in [1.807, 2.05) is 24.3 Å². The van der Waals surface area contributed by atoms with Gasteiger partial charge in [-0.25, -0.2) is 19.4 Å². The number of hydrogen-bond acceptors (Lipinski definition) is 6. The summed E-state index contributed by atoms with van der Waals surface area (Å²) in [5.74, 6) is 0.325. The molecule has 0 fully saturated rings. The van der Waals surface area contributed by atoms with Gasteiger partial charge in [-0.05, 0) is 43.7 Å². The Balaban J connectivity index is 1.72. The Morgan fingerprint density at radius 3 is 2.56 bits per heavy atom. The topological polar surface area (TPSA) is 81.9 Å². The summed E-state index contributed by atoms with van der Waals surface area (Å²) in [6, 6.07) is 11.6. The van der Waals surface area contributed by atoms with Crippen LogP contribution in [0.4, 0.5) is 5.82 Å². The van der Waals surface area contributed by atoms with Crippen LogP contribution < -0.4 is 5.32 Å². The van der Waals surface area contributed by atoms with Crippen LogP contribution in [0.2, 0.25) is 0 Å². The first-order valence-corrected chi connectivity index (χ1v) is 7.86. The fraction of sp³-hybridized carbons (Fsp3) is 0.222. The number of benzene rings is 1. The average molecular weight is 337 g/mol. The van der Waals surface area contributed by atoms with Gasteiger partial charge in [-0.15, -0.1) is 0 Å². The molecule has 0 aliphatic rings. The van der Waals surface area contributed by atoms with Crippen LogP contribution in [0.1, 0.15) is 34.6 Å². The van der Waals surface area contributed by atoms with Crippen molar-refractivity contribution in [1.29, 1.82) is 0 Å². The number of ether oxygens (including phenoxy) is 1. The zero-order valence-corrected chi connectivity index (χ0v) is 14.3. The van der Waals surface area contributed by atoms with Crippen LogP contribution in [-0.4, -0.2) is 32.8 Å². The highest BCUT2D eigenvalue weighted by Gasteiger charge is 2.12. The standard InChI is InChI=1S/C18H19N5O2/c1-12(14-4-6-15(7-5-14)23-11-19-10-20-23)21-17-9-8-16(13(2)22-17)18(24)25-3/h4-12H,1-3H3,(H,21,22). The van der Waals surface area contributed by atoms with E-state index in [9.17, 15) is 4.79 Å². The minimum Gasteiger partial charge on any atom is -0.465 e. The Labute approximate surface area is 145 Å². The first kappa shape index (κ1) is 16.6. The van der Waals surface area contributed by atoms with Crippen LogP contribution in [0.25, 0.3) is 5.69 Å². The number of pyridine rings is 1. The number of hydrogen-bond donors (Lipinski definition) is 1. The molecule has 1 N–H and O–H groups in total. The quantitative estimate of drug-likeness (QED) is 0.721. The maximum absolute atomic E-state index is 11.6. The maximum Gasteiger partial charge on any atom is 0.339 e. The van der Waals surface area contributed by atoms with Gasteiger partial charge in [-0.2, -0.15) is 5.10 Å². The number of methoxy groups -OCH3 is 1. The van der Waals surface area contributed by atoms with Crippen LogP contribution in [0.5, 0.6) is 0 Å². The van der Waals surface area contributed by atoms with Gasteiger partial charge < -0.3 is 10.1 Å². The summed E-state index contributed by atoms with van der Waals surface area (Å²) in [6.45, 7) is 3.84. The van der Waals surface area contributed by atoms with Crippen LogP contribution in [0.3, 0.4) is 0 Å². The van der Waals surface area contributed by atoms with Crippen molar-refractivity contribution in [3.63, 3.8) is 0 Å². The van der Waals surface area contributed by atoms with Crippen molar-refractivity contribution in [2.24, 2.45) is 0 Å². The highest BCUT2D eigenvalue weighted by atomic mass is 16.5. The van der Waals surface area contributed by atoms with E-state index in [0.29, 0.717) is 17.1 Å². The first-order valence-electron chi connectivity index (χ1n) is 7.86. The number of esters is 1. The Hall–Kier alpha value is -3.22. The van der Waals surface area contributed by atoms with Crippen LogP contribution in [0.15, 0.2) is 49.1 Å². The summed E-state index contributed by atoms with van der Waals surface area (Å²) in [5.41, 5.74) is 3.16. The Morgan fingerprint density at radius 1 is 1.20 bits per heavy atom. The number of aryl methyl sites for hydroxylation is 1. The van der Waals surface area contributed by atoms with E-state index < -0.39 is 0 Å². The minimum atomic E-state index is -0.381. The molecular weight excluding hydrogens is 318 g/mol. The summed E-state index contributed by atoms with van der Waals surface area (Å²) in [7, 11) is 1.36. The predicted molar refractivity (Wildman–Crippen MR) is 93.7 cm³/mol. The third kappa shape index (κ3) is 3.65. The molecule has 0 radical (unpaired) electrons. The van der Waals surface area contributed by atoms with Crippen LogP contribution in [-0.2, 0) is 4.74 Å². The molecule has 1 aromatic carbocycles. The van der Waals surface area contributed by atoms with Crippen molar-refractivity contribution in [3.8, 4) is 5.69 Å². The molecule has 0 spiro atoms. The summed E-state index contributed by atoms with van der Waals surface area (Å²) in [5, 5.41) is 7.45. The van der Waals surface area contributed by atoms with E-state index in [1.165, 1.54) is 13.4 Å². The summed E-state index contributed by atoms with van der Waals surface area (Å²) >= 11 is 0. The minimum absolute atomic E-state index is 0.0562. The third-order valence-corrected chi connectivity index (χ3v) is 3.93. The van der Waals surface area contributed by atoms with E-state index in [0.717, 1.165) is 11.3 Å². The molecule has 3 rings (SSSR count). The molecule has 2 heterocycles. The molecule has 0 aliphatic carbocycles. The van der Waals surface area contributed by atoms with Gasteiger partial charge in [0.25, 0.3) is 0 Å². The van der Waals surface area contributed by atoms with Crippen molar-refractivity contribution < 1.29 is 9.53 Å². The SMILES string of the molecule is COC(=O)c1ccc(NC(C)c2ccc(-n3cncn3)cc2)nc1C. The molecule has 0 bridgehead atoms. The number of nitrogens with one attached hydrogen (secondary N) is 1. The molecule has 1 unspecified atom stereocenters. The molecule has 0 saturated heterocycles. The van der Waals surface area contributed by atoms with Gasteiger partial charge in [-0.3, -0.25) is 0 Å². The number of carbonyl (C=O) groups excluding carboxylic acids is 1. The van der Waals surface area contributed by atoms with Gasteiger partial charge in [0.2, 0.25) is 0 Å². The molecule has 3 aromatic rings. The molecule has 1 atom stereocenters. The molecule has 128 valence electrons. The fourth-order valence-corrected chi connectivity index (χ4v) is 2.53. The highest BCUT2D eigenvalue weighted by molar-refractivity contribution is 5.90. The largest absolute Gasteiger partial charge is 0.465 e. The van der Waals surface area contributed by atoms with Gasteiger partial charge in [0.15, 0.2) is 0 Å². The van der Waals surface area contributed by atoms with Gasteiger partial charge >= 0.3 is 5.97 Å². The summed E-state index contributed by atoms with van der Waals surface area (Å²) in [6.07, 6.45) is 3.16. The maximum atomic E-state index is 11.6. The van der Waals surface area contributed by atoms with Crippen molar-refractivity contribution in [2.75, 3.05) is 12.4 Å². The van der Waals surface area contributed by atoms with Gasteiger partial charge in [0.05, 0.1) is 24.1 Å². The van der Waals surface area contributed by atoms with E-state index in [2.05, 4.69) is 27.3 Å². The fourth-order valence-electron chi connectivity index (χ4n) is 2.53. The number of rotatable bonds is 5. The third-order valence-electron chi connectivity index (χ3n) is 3.93. The summed E-state index contributed by atoms with van der Waals surface area (Å²) in [4.78, 5) is 20.0. The van der Waals surface area contributed by atoms with Crippen molar-refractivity contribution in [2.45, 2.75) is 19.9 Å². The van der Waals surface area contributed by atoms with E-state index in [1.54, 1.807) is 30.1 Å². The van der Waals surface area contributed by atoms with Crippen molar-refractivity contribution >= 4 is 11.8 Å². The Morgan fingerprint density at radius 2 is 1.96 bits per heavy atom. The lowest BCUT2D eigenvalue weighted by Crippen LogP contribution is -2.11. The molecule has 0 saturated carbocycles. The second-order valence-corrected chi connectivity index (χ2v) is 5.62. The molecular formula is C18H19N5O2. The van der Waals surface area contributed by atoms with Crippen molar-refractivity contribution in [1.82, 2.24) is 19.7 Å². The predicted octanol–water partition coefficient (Wildman–Crippen LogP) is 2.93. The second kappa shape index (κ2) is 7.12. The molecule has 0 aliphatic heterocycles. The molecule has 7 heteroatoms. The average Bonchev–Trinajstić information content (AvgIpc) is 3.16. The smallest absolute Gasteiger partial charge is 0.339 e. The number of aromatic nitrogens is 4. The highest BCUT2D eigenvalue weighted by Crippen LogP contribution is 2.20. The lowest BCUT2D eigenvalue weighted by atomic mass is 10.1. The molecule has 2 aromatic heterocycles. The van der Waals surface area contributed by atoms with E-state index >= 15 is 0 Å². The molecule has 0 amide bonds. The van der Waals surface area contributed by atoms with E-state index in [4.69, 9.17) is 4.74 Å². The second-order valence-electron chi connectivity index (χ2n) is 5.62. The monoisotopic (exact) mass is 337 g/mol. The number of anilines is 1.